The van der Waals surface area contributed by atoms with Crippen molar-refractivity contribution >= 4 is 29.3 Å². The predicted octanol–water partition coefficient (Wildman–Crippen LogP) is 0.255. The molecular formula is C19H23ClFN3O5. The zero-order valence-electron chi connectivity index (χ0n) is 15.9. The normalized spacial score (nSPS) is 22.6. The molecule has 6 N–H and O–H groups in total. The number of benzene rings is 1. The van der Waals surface area contributed by atoms with Crippen LogP contribution in [0.15, 0.2) is 29.8 Å². The Hall–Kier alpha value is -2.49. The average Bonchev–Trinajstić information content (AvgIpc) is 2.64. The minimum Gasteiger partial charge on any atom is -0.390 e. The summed E-state index contributed by atoms with van der Waals surface area (Å²) in [5.41, 5.74) is 5.41. The number of rotatable bonds is 6. The van der Waals surface area contributed by atoms with Crippen LogP contribution in [0.3, 0.4) is 0 Å². The van der Waals surface area contributed by atoms with Gasteiger partial charge in [-0.25, -0.2) is 4.39 Å². The summed E-state index contributed by atoms with van der Waals surface area (Å²) in [5.74, 6) is -2.97. The van der Waals surface area contributed by atoms with Crippen LogP contribution >= 0.6 is 11.6 Å². The smallest absolute Gasteiger partial charge is 0.251 e. The molecule has 0 spiro atoms. The Morgan fingerprint density at radius 2 is 1.90 bits per heavy atom. The fourth-order valence-corrected chi connectivity index (χ4v) is 3.12. The van der Waals surface area contributed by atoms with Gasteiger partial charge in [-0.1, -0.05) is 31.5 Å². The predicted molar refractivity (Wildman–Crippen MR) is 103 cm³/mol. The second kappa shape index (κ2) is 9.34. The Balaban J connectivity index is 2.19. The van der Waals surface area contributed by atoms with E-state index in [1.807, 2.05) is 0 Å². The average molecular weight is 428 g/mol. The van der Waals surface area contributed by atoms with E-state index in [4.69, 9.17) is 17.3 Å². The molecule has 10 heteroatoms. The standard InChI is InChI=1S/C19H23ClFN3O5/c1-8(2)15(17(22)27)24-19(29)10-6-13(16(26)14(25)7-10)23-18(28)9-3-4-12(21)11(20)5-9/h3-6,8,13-16,25-26H,7H2,1-2H3,(H2,22,27)(H,23,28)(H,24,29). The van der Waals surface area contributed by atoms with Crippen LogP contribution in [0, 0.1) is 11.7 Å². The number of nitrogens with two attached hydrogens (primary N) is 1. The highest BCUT2D eigenvalue weighted by molar-refractivity contribution is 6.31. The largest absolute Gasteiger partial charge is 0.390 e. The first-order chi connectivity index (χ1) is 13.5. The molecule has 4 atom stereocenters. The molecule has 1 aliphatic carbocycles. The molecule has 29 heavy (non-hydrogen) atoms. The monoisotopic (exact) mass is 427 g/mol. The van der Waals surface area contributed by atoms with Gasteiger partial charge in [0, 0.05) is 17.6 Å². The summed E-state index contributed by atoms with van der Waals surface area (Å²) in [6, 6.07) is 1.34. The van der Waals surface area contributed by atoms with Crippen LogP contribution in [0.5, 0.6) is 0 Å². The van der Waals surface area contributed by atoms with Gasteiger partial charge in [-0.05, 0) is 24.1 Å². The molecule has 0 saturated heterocycles. The Bertz CT molecular complexity index is 845. The van der Waals surface area contributed by atoms with E-state index in [1.165, 1.54) is 12.1 Å². The van der Waals surface area contributed by atoms with Crippen molar-refractivity contribution in [3.05, 3.63) is 46.3 Å². The maximum Gasteiger partial charge on any atom is 0.251 e. The summed E-state index contributed by atoms with van der Waals surface area (Å²) in [6.45, 7) is 3.42. The van der Waals surface area contributed by atoms with Crippen molar-refractivity contribution in [1.82, 2.24) is 10.6 Å². The Morgan fingerprint density at radius 1 is 1.24 bits per heavy atom. The Labute approximate surface area is 171 Å². The number of amides is 3. The number of carbonyl (C=O) groups is 3. The first-order valence-electron chi connectivity index (χ1n) is 8.94. The third-order valence-electron chi connectivity index (χ3n) is 4.60. The number of aliphatic hydroxyl groups excluding tert-OH is 2. The van der Waals surface area contributed by atoms with E-state index in [1.54, 1.807) is 13.8 Å². The molecular weight excluding hydrogens is 405 g/mol. The molecule has 0 heterocycles. The lowest BCUT2D eigenvalue weighted by molar-refractivity contribution is -0.126. The molecule has 1 aromatic carbocycles. The van der Waals surface area contributed by atoms with Gasteiger partial charge in [-0.3, -0.25) is 14.4 Å². The van der Waals surface area contributed by atoms with Gasteiger partial charge in [0.1, 0.15) is 18.0 Å². The molecule has 0 saturated carbocycles. The van der Waals surface area contributed by atoms with Crippen LogP contribution in [0.1, 0.15) is 30.6 Å². The van der Waals surface area contributed by atoms with Gasteiger partial charge in [-0.15, -0.1) is 0 Å². The van der Waals surface area contributed by atoms with Crippen LogP contribution in [-0.4, -0.2) is 52.2 Å². The molecule has 8 nitrogen and oxygen atoms in total. The maximum absolute atomic E-state index is 13.3. The van der Waals surface area contributed by atoms with E-state index >= 15 is 0 Å². The fourth-order valence-electron chi connectivity index (χ4n) is 2.94. The summed E-state index contributed by atoms with van der Waals surface area (Å²) < 4.78 is 13.3. The van der Waals surface area contributed by atoms with E-state index < -0.39 is 47.8 Å². The van der Waals surface area contributed by atoms with Crippen molar-refractivity contribution in [2.45, 2.75) is 44.6 Å². The zero-order valence-corrected chi connectivity index (χ0v) is 16.6. The van der Waals surface area contributed by atoms with Crippen LogP contribution in [0.25, 0.3) is 0 Å². The van der Waals surface area contributed by atoms with Crippen LogP contribution in [0.4, 0.5) is 4.39 Å². The van der Waals surface area contributed by atoms with Crippen molar-refractivity contribution in [1.29, 1.82) is 0 Å². The highest BCUT2D eigenvalue weighted by Crippen LogP contribution is 2.21. The second-order valence-corrected chi connectivity index (χ2v) is 7.59. The summed E-state index contributed by atoms with van der Waals surface area (Å²) in [6.07, 6.45) is -1.57. The Morgan fingerprint density at radius 3 is 2.45 bits per heavy atom. The van der Waals surface area contributed by atoms with Gasteiger partial charge < -0.3 is 26.6 Å². The van der Waals surface area contributed by atoms with Crippen molar-refractivity contribution in [3.63, 3.8) is 0 Å². The molecule has 0 aromatic heterocycles. The minimum atomic E-state index is -1.37. The van der Waals surface area contributed by atoms with E-state index in [9.17, 15) is 29.0 Å². The second-order valence-electron chi connectivity index (χ2n) is 7.18. The molecule has 0 aliphatic heterocycles. The number of halogens is 2. The van der Waals surface area contributed by atoms with E-state index in [-0.39, 0.29) is 28.5 Å². The van der Waals surface area contributed by atoms with Gasteiger partial charge in [0.25, 0.3) is 5.91 Å². The first kappa shape index (κ1) is 22.8. The first-order valence-corrected chi connectivity index (χ1v) is 9.32. The summed E-state index contributed by atoms with van der Waals surface area (Å²) in [4.78, 5) is 36.4. The van der Waals surface area contributed by atoms with E-state index in [0.29, 0.717) is 0 Å². The lowest BCUT2D eigenvalue weighted by Crippen LogP contribution is -2.52. The van der Waals surface area contributed by atoms with Gasteiger partial charge in [0.2, 0.25) is 11.8 Å². The third kappa shape index (κ3) is 5.53. The topological polar surface area (TPSA) is 142 Å². The molecule has 1 aliphatic rings. The molecule has 2 rings (SSSR count). The molecule has 0 fully saturated rings. The molecule has 0 radical (unpaired) electrons. The SMILES string of the molecule is CC(C)C(NC(=O)C1=CC(NC(=O)c2ccc(F)c(Cl)c2)C(O)C(O)C1)C(N)=O. The molecule has 4 unspecified atom stereocenters. The highest BCUT2D eigenvalue weighted by atomic mass is 35.5. The molecule has 0 bridgehead atoms. The number of hydrogen-bond donors (Lipinski definition) is 5. The maximum atomic E-state index is 13.3. The van der Waals surface area contributed by atoms with Crippen LogP contribution < -0.4 is 16.4 Å². The van der Waals surface area contributed by atoms with Crippen molar-refractivity contribution in [2.75, 3.05) is 0 Å². The van der Waals surface area contributed by atoms with Gasteiger partial charge >= 0.3 is 0 Å². The lowest BCUT2D eigenvalue weighted by Gasteiger charge is -2.31. The van der Waals surface area contributed by atoms with Crippen LogP contribution in [0.2, 0.25) is 5.02 Å². The number of carbonyl (C=O) groups excluding carboxylic acids is 3. The lowest BCUT2D eigenvalue weighted by atomic mass is 9.89. The van der Waals surface area contributed by atoms with Crippen molar-refractivity contribution < 1.29 is 29.0 Å². The van der Waals surface area contributed by atoms with Crippen LogP contribution in [-0.2, 0) is 9.59 Å². The number of aliphatic hydroxyl groups is 2. The third-order valence-corrected chi connectivity index (χ3v) is 4.89. The number of primary amides is 1. The van der Waals surface area contributed by atoms with Gasteiger partial charge in [-0.2, -0.15) is 0 Å². The van der Waals surface area contributed by atoms with Gasteiger partial charge in [0.05, 0.1) is 17.2 Å². The molecule has 3 amide bonds. The summed E-state index contributed by atoms with van der Waals surface area (Å²) in [5, 5.41) is 25.0. The van der Waals surface area contributed by atoms with E-state index in [0.717, 1.165) is 12.1 Å². The van der Waals surface area contributed by atoms with Crippen molar-refractivity contribution in [3.8, 4) is 0 Å². The zero-order chi connectivity index (χ0) is 21.9. The summed E-state index contributed by atoms with van der Waals surface area (Å²) in [7, 11) is 0. The number of hydrogen-bond acceptors (Lipinski definition) is 5. The fraction of sp³-hybridized carbons (Fsp3) is 0.421. The highest BCUT2D eigenvalue weighted by Gasteiger charge is 2.35. The molecule has 1 aromatic rings. The summed E-state index contributed by atoms with van der Waals surface area (Å²) >= 11 is 5.67. The van der Waals surface area contributed by atoms with Gasteiger partial charge in [0.15, 0.2) is 0 Å². The quantitative estimate of drug-likeness (QED) is 0.442. The number of nitrogens with one attached hydrogen (secondary N) is 2. The van der Waals surface area contributed by atoms with Crippen molar-refractivity contribution in [2.24, 2.45) is 11.7 Å². The minimum absolute atomic E-state index is 0.0386. The molecule has 158 valence electrons. The van der Waals surface area contributed by atoms with E-state index in [2.05, 4.69) is 10.6 Å². The Kier molecular flexibility index (Phi) is 7.34.